The Hall–Kier alpha value is -3.33. The van der Waals surface area contributed by atoms with Gasteiger partial charge in [-0.3, -0.25) is 4.98 Å². The van der Waals surface area contributed by atoms with Gasteiger partial charge in [-0.05, 0) is 44.5 Å². The summed E-state index contributed by atoms with van der Waals surface area (Å²) < 4.78 is 52.4. The van der Waals surface area contributed by atoms with Crippen LogP contribution in [0, 0.1) is 5.82 Å². The van der Waals surface area contributed by atoms with Crippen LogP contribution in [0.5, 0.6) is 0 Å². The maximum Gasteiger partial charge on any atom is 0.410 e. The SMILES string of the molecule is CO[C@@]1(c2ccc3nccc(N[C@H](C)c4cccc(C(F)F)c4F)c3c2)CCN(C(=O)OC(C)C)C1. The van der Waals surface area contributed by atoms with E-state index in [4.69, 9.17) is 9.47 Å². The highest BCUT2D eigenvalue weighted by Gasteiger charge is 2.42. The summed E-state index contributed by atoms with van der Waals surface area (Å²) in [6.45, 7) is 6.16. The zero-order chi connectivity index (χ0) is 26.0. The first kappa shape index (κ1) is 25.8. The molecule has 1 amide bonds. The van der Waals surface area contributed by atoms with Crippen LogP contribution >= 0.6 is 0 Å². The smallest absolute Gasteiger partial charge is 0.410 e. The molecule has 1 fully saturated rings. The summed E-state index contributed by atoms with van der Waals surface area (Å²) in [5.41, 5.74) is 1.06. The Morgan fingerprint density at radius 1 is 1.14 bits per heavy atom. The van der Waals surface area contributed by atoms with Gasteiger partial charge in [0.2, 0.25) is 0 Å². The van der Waals surface area contributed by atoms with E-state index in [1.54, 1.807) is 45.0 Å². The van der Waals surface area contributed by atoms with Crippen molar-refractivity contribution in [3.05, 3.63) is 71.2 Å². The third-order valence-electron chi connectivity index (χ3n) is 6.62. The second-order valence-electron chi connectivity index (χ2n) is 9.31. The second kappa shape index (κ2) is 10.3. The number of ether oxygens (including phenoxy) is 2. The fourth-order valence-electron chi connectivity index (χ4n) is 4.67. The molecule has 0 unspecified atom stereocenters. The summed E-state index contributed by atoms with van der Waals surface area (Å²) in [5, 5.41) is 4.03. The number of hydrogen-bond acceptors (Lipinski definition) is 5. The summed E-state index contributed by atoms with van der Waals surface area (Å²) >= 11 is 0. The van der Waals surface area contributed by atoms with Gasteiger partial charge in [-0.25, -0.2) is 18.0 Å². The van der Waals surface area contributed by atoms with E-state index in [1.807, 2.05) is 18.2 Å². The molecule has 3 aromatic rings. The molecule has 1 N–H and O–H groups in total. The number of benzene rings is 2. The molecule has 36 heavy (non-hydrogen) atoms. The molecule has 2 heterocycles. The van der Waals surface area contributed by atoms with Crippen LogP contribution in [-0.2, 0) is 15.1 Å². The van der Waals surface area contributed by atoms with E-state index < -0.39 is 29.4 Å². The lowest BCUT2D eigenvalue weighted by Crippen LogP contribution is -2.36. The number of pyridine rings is 1. The molecule has 2 aromatic carbocycles. The van der Waals surface area contributed by atoms with E-state index >= 15 is 0 Å². The standard InChI is InChI=1S/C27H30F3N3O3/c1-16(2)36-26(34)33-13-11-27(15-33,35-4)18-8-9-22-21(14-18)23(10-12-31-22)32-17(3)19-6-5-7-20(24(19)28)25(29)30/h5-10,12,14,16-17,25H,11,13,15H2,1-4H3,(H,31,32)/t17-,27+/m1/s1. The Morgan fingerprint density at radius 2 is 1.89 bits per heavy atom. The van der Waals surface area contributed by atoms with Crippen LogP contribution < -0.4 is 5.32 Å². The molecule has 0 bridgehead atoms. The Kier molecular flexibility index (Phi) is 7.40. The van der Waals surface area contributed by atoms with Gasteiger partial charge in [0, 0.05) is 42.9 Å². The van der Waals surface area contributed by atoms with Crippen molar-refractivity contribution in [1.29, 1.82) is 0 Å². The molecular formula is C27H30F3N3O3. The topological polar surface area (TPSA) is 63.7 Å². The van der Waals surface area contributed by atoms with Crippen LogP contribution in [-0.4, -0.2) is 42.3 Å². The molecule has 0 saturated carbocycles. The van der Waals surface area contributed by atoms with E-state index in [9.17, 15) is 18.0 Å². The van der Waals surface area contributed by atoms with E-state index in [-0.39, 0.29) is 17.8 Å². The maximum absolute atomic E-state index is 14.7. The van der Waals surface area contributed by atoms with Gasteiger partial charge in [0.15, 0.2) is 0 Å². The lowest BCUT2D eigenvalue weighted by molar-refractivity contribution is -0.00738. The third kappa shape index (κ3) is 4.97. The first-order valence-electron chi connectivity index (χ1n) is 11.9. The molecule has 2 atom stereocenters. The average molecular weight is 502 g/mol. The molecule has 1 aliphatic heterocycles. The van der Waals surface area contributed by atoms with Gasteiger partial charge in [-0.1, -0.05) is 24.3 Å². The number of alkyl halides is 2. The lowest BCUT2D eigenvalue weighted by atomic mass is 9.91. The Morgan fingerprint density at radius 3 is 2.58 bits per heavy atom. The highest BCUT2D eigenvalue weighted by molar-refractivity contribution is 5.92. The van der Waals surface area contributed by atoms with Crippen LogP contribution in [0.1, 0.15) is 56.3 Å². The number of fused-ring (bicyclic) bond motifs is 1. The summed E-state index contributed by atoms with van der Waals surface area (Å²) in [6, 6.07) is 10.9. The Balaban J connectivity index is 1.65. The normalized spacial score (nSPS) is 18.8. The van der Waals surface area contributed by atoms with Crippen LogP contribution in [0.25, 0.3) is 10.9 Å². The Labute approximate surface area is 208 Å². The van der Waals surface area contributed by atoms with Crippen molar-refractivity contribution in [2.75, 3.05) is 25.5 Å². The number of amides is 1. The van der Waals surface area contributed by atoms with Crippen molar-refractivity contribution in [3.8, 4) is 0 Å². The largest absolute Gasteiger partial charge is 0.447 e. The number of halogens is 3. The van der Waals surface area contributed by atoms with Crippen LogP contribution in [0.15, 0.2) is 48.7 Å². The fraction of sp³-hybridized carbons (Fsp3) is 0.407. The number of aromatic nitrogens is 1. The first-order chi connectivity index (χ1) is 17.1. The molecule has 0 aliphatic carbocycles. The number of hydrogen-bond donors (Lipinski definition) is 1. The van der Waals surface area contributed by atoms with Gasteiger partial charge in [-0.2, -0.15) is 0 Å². The zero-order valence-corrected chi connectivity index (χ0v) is 20.7. The van der Waals surface area contributed by atoms with Gasteiger partial charge in [0.1, 0.15) is 11.4 Å². The lowest BCUT2D eigenvalue weighted by Gasteiger charge is -2.29. The Bertz CT molecular complexity index is 1250. The predicted octanol–water partition coefficient (Wildman–Crippen LogP) is 6.58. The highest BCUT2D eigenvalue weighted by Crippen LogP contribution is 2.38. The van der Waals surface area contributed by atoms with Crippen molar-refractivity contribution in [3.63, 3.8) is 0 Å². The number of likely N-dealkylation sites (tertiary alicyclic amines) is 1. The number of anilines is 1. The number of nitrogens with one attached hydrogen (secondary N) is 1. The third-order valence-corrected chi connectivity index (χ3v) is 6.62. The van der Waals surface area contributed by atoms with Crippen molar-refractivity contribution in [2.45, 2.75) is 51.4 Å². The zero-order valence-electron chi connectivity index (χ0n) is 20.7. The minimum absolute atomic E-state index is 0.150. The summed E-state index contributed by atoms with van der Waals surface area (Å²) in [5.74, 6) is -0.913. The van der Waals surface area contributed by atoms with Crippen LogP contribution in [0.4, 0.5) is 23.7 Å². The molecule has 6 nitrogen and oxygen atoms in total. The number of rotatable bonds is 7. The number of nitrogens with zero attached hydrogens (tertiary/aromatic N) is 2. The number of carbonyl (C=O) groups excluding carboxylic acids is 1. The molecule has 0 radical (unpaired) electrons. The van der Waals surface area contributed by atoms with Crippen molar-refractivity contribution >= 4 is 22.7 Å². The summed E-state index contributed by atoms with van der Waals surface area (Å²) in [6.07, 6.45) is -1.27. The van der Waals surface area contributed by atoms with Crippen molar-refractivity contribution in [1.82, 2.24) is 9.88 Å². The summed E-state index contributed by atoms with van der Waals surface area (Å²) in [7, 11) is 1.62. The first-order valence-corrected chi connectivity index (χ1v) is 11.9. The molecule has 1 saturated heterocycles. The molecule has 1 aliphatic rings. The van der Waals surface area contributed by atoms with Gasteiger partial charge < -0.3 is 19.7 Å². The van der Waals surface area contributed by atoms with Gasteiger partial charge in [-0.15, -0.1) is 0 Å². The molecule has 0 spiro atoms. The van der Waals surface area contributed by atoms with E-state index in [0.717, 1.165) is 17.0 Å². The van der Waals surface area contributed by atoms with Crippen LogP contribution in [0.3, 0.4) is 0 Å². The quantitative estimate of drug-likeness (QED) is 0.396. The monoisotopic (exact) mass is 501 g/mol. The fourth-order valence-corrected chi connectivity index (χ4v) is 4.67. The molecule has 9 heteroatoms. The van der Waals surface area contributed by atoms with Crippen LogP contribution in [0.2, 0.25) is 0 Å². The van der Waals surface area contributed by atoms with Crippen molar-refractivity contribution in [2.24, 2.45) is 0 Å². The van der Waals surface area contributed by atoms with E-state index in [2.05, 4.69) is 10.3 Å². The molecule has 1 aromatic heterocycles. The van der Waals surface area contributed by atoms with Gasteiger partial charge in [0.05, 0.1) is 29.8 Å². The minimum atomic E-state index is -2.89. The molecular weight excluding hydrogens is 471 g/mol. The maximum atomic E-state index is 14.7. The van der Waals surface area contributed by atoms with Gasteiger partial charge in [0.25, 0.3) is 6.43 Å². The number of carbonyl (C=O) groups is 1. The van der Waals surface area contributed by atoms with E-state index in [0.29, 0.717) is 30.7 Å². The minimum Gasteiger partial charge on any atom is -0.447 e. The van der Waals surface area contributed by atoms with E-state index in [1.165, 1.54) is 12.1 Å². The van der Waals surface area contributed by atoms with Crippen molar-refractivity contribution < 1.29 is 27.4 Å². The van der Waals surface area contributed by atoms with Gasteiger partial charge >= 0.3 is 6.09 Å². The summed E-state index contributed by atoms with van der Waals surface area (Å²) in [4.78, 5) is 18.5. The predicted molar refractivity (Wildman–Crippen MR) is 132 cm³/mol. The second-order valence-corrected chi connectivity index (χ2v) is 9.31. The number of methoxy groups -OCH3 is 1. The highest BCUT2D eigenvalue weighted by atomic mass is 19.3. The molecule has 4 rings (SSSR count). The molecule has 192 valence electrons. The average Bonchev–Trinajstić information content (AvgIpc) is 3.30.